The molecule has 2 atom stereocenters. The first-order chi connectivity index (χ1) is 16.2. The van der Waals surface area contributed by atoms with Crippen LogP contribution < -0.4 is 11.0 Å². The number of nitrogens with zero attached hydrogens (tertiary/aromatic N) is 2. The van der Waals surface area contributed by atoms with Crippen LogP contribution in [0.15, 0.2) is 23.0 Å². The predicted molar refractivity (Wildman–Crippen MR) is 135 cm³/mol. The van der Waals surface area contributed by atoms with Gasteiger partial charge in [0.05, 0.1) is 17.0 Å². The molecule has 35 heavy (non-hydrogen) atoms. The Morgan fingerprint density at radius 1 is 1.09 bits per heavy atom. The van der Waals surface area contributed by atoms with Gasteiger partial charge in [-0.05, 0) is 69.6 Å². The second-order valence-corrected chi connectivity index (χ2v) is 11.7. The molecule has 1 saturated heterocycles. The van der Waals surface area contributed by atoms with Gasteiger partial charge in [0.15, 0.2) is 0 Å². The van der Waals surface area contributed by atoms with Crippen LogP contribution in [0.3, 0.4) is 0 Å². The number of benzene rings is 1. The number of fused-ring (bicyclic) bond motifs is 1. The lowest BCUT2D eigenvalue weighted by Gasteiger charge is -2.32. The molecule has 0 aliphatic carbocycles. The van der Waals surface area contributed by atoms with Gasteiger partial charge in [0.1, 0.15) is 11.6 Å². The SMILES string of the molecule is Cn1c(=O)n(C2CCC(=O)NC2=O)c2ccc(CCCCC(C(=O)OC(C)(C)C)C(C)(C)C)cc21. The fourth-order valence-electron chi connectivity index (χ4n) is 4.75. The van der Waals surface area contributed by atoms with Gasteiger partial charge < -0.3 is 4.74 Å². The molecule has 8 nitrogen and oxygen atoms in total. The Morgan fingerprint density at radius 3 is 2.37 bits per heavy atom. The highest BCUT2D eigenvalue weighted by molar-refractivity contribution is 6.00. The summed E-state index contributed by atoms with van der Waals surface area (Å²) < 4.78 is 8.71. The summed E-state index contributed by atoms with van der Waals surface area (Å²) in [6.45, 7) is 11.9. The van der Waals surface area contributed by atoms with Gasteiger partial charge in [-0.1, -0.05) is 33.3 Å². The minimum atomic E-state index is -0.683. The van der Waals surface area contributed by atoms with Gasteiger partial charge in [-0.3, -0.25) is 28.8 Å². The Kier molecular flexibility index (Phi) is 7.62. The number of carbonyl (C=O) groups excluding carboxylic acids is 3. The van der Waals surface area contributed by atoms with Crippen molar-refractivity contribution in [2.45, 2.75) is 91.7 Å². The standard InChI is InChI=1S/C27H39N3O5/c1-26(2,3)18(24(33)35-27(4,5)6)11-9-8-10-17-12-13-19-21(16-17)29(7)25(34)30(19)20-14-15-22(31)28-23(20)32/h12-13,16,18,20H,8-11,14-15H2,1-7H3,(H,28,31,32). The number of esters is 1. The van der Waals surface area contributed by atoms with Crippen LogP contribution in [0.4, 0.5) is 0 Å². The number of amides is 2. The van der Waals surface area contributed by atoms with Crippen LogP contribution in [0.1, 0.15) is 85.3 Å². The highest BCUT2D eigenvalue weighted by Crippen LogP contribution is 2.33. The van der Waals surface area contributed by atoms with E-state index in [1.54, 1.807) is 11.6 Å². The van der Waals surface area contributed by atoms with Crippen LogP contribution in [0.5, 0.6) is 0 Å². The van der Waals surface area contributed by atoms with Crippen molar-refractivity contribution in [3.63, 3.8) is 0 Å². The lowest BCUT2D eigenvalue weighted by Crippen LogP contribution is -2.44. The number of aromatic nitrogens is 2. The van der Waals surface area contributed by atoms with Crippen molar-refractivity contribution in [1.29, 1.82) is 0 Å². The summed E-state index contributed by atoms with van der Waals surface area (Å²) in [5.74, 6) is -1.05. The fraction of sp³-hybridized carbons (Fsp3) is 0.630. The maximum absolute atomic E-state index is 12.9. The number of imidazole rings is 1. The summed E-state index contributed by atoms with van der Waals surface area (Å²) in [6.07, 6.45) is 3.90. The van der Waals surface area contributed by atoms with Crippen LogP contribution in [0.2, 0.25) is 0 Å². The maximum Gasteiger partial charge on any atom is 0.329 e. The molecule has 2 aromatic rings. The first-order valence-corrected chi connectivity index (χ1v) is 12.5. The molecular formula is C27H39N3O5. The summed E-state index contributed by atoms with van der Waals surface area (Å²) in [7, 11) is 1.70. The molecule has 2 heterocycles. The zero-order valence-corrected chi connectivity index (χ0v) is 22.1. The molecular weight excluding hydrogens is 446 g/mol. The molecule has 192 valence electrons. The van der Waals surface area contributed by atoms with E-state index < -0.39 is 17.6 Å². The second-order valence-electron chi connectivity index (χ2n) is 11.7. The minimum absolute atomic E-state index is 0.142. The third-order valence-electron chi connectivity index (χ3n) is 6.62. The average molecular weight is 486 g/mol. The van der Waals surface area contributed by atoms with E-state index in [0.717, 1.165) is 36.8 Å². The number of nitrogens with one attached hydrogen (secondary N) is 1. The van der Waals surface area contributed by atoms with E-state index in [1.807, 2.05) is 39.0 Å². The van der Waals surface area contributed by atoms with Crippen LogP contribution in [0.25, 0.3) is 11.0 Å². The summed E-state index contributed by atoms with van der Waals surface area (Å²) in [4.78, 5) is 49.6. The van der Waals surface area contributed by atoms with Crippen molar-refractivity contribution in [2.24, 2.45) is 18.4 Å². The number of ether oxygens (including phenoxy) is 1. The van der Waals surface area contributed by atoms with Crippen molar-refractivity contribution in [3.8, 4) is 0 Å². The van der Waals surface area contributed by atoms with Crippen molar-refractivity contribution in [1.82, 2.24) is 14.5 Å². The number of aryl methyl sites for hydroxylation is 2. The Labute approximate surface area is 207 Å². The molecule has 8 heteroatoms. The van der Waals surface area contributed by atoms with Crippen LogP contribution >= 0.6 is 0 Å². The van der Waals surface area contributed by atoms with Gasteiger partial charge in [-0.25, -0.2) is 4.79 Å². The summed E-state index contributed by atoms with van der Waals surface area (Å²) in [5.41, 5.74) is 1.59. The molecule has 0 spiro atoms. The Hall–Kier alpha value is -2.90. The molecule has 2 amide bonds. The van der Waals surface area contributed by atoms with Crippen LogP contribution in [-0.4, -0.2) is 32.5 Å². The van der Waals surface area contributed by atoms with Gasteiger partial charge in [0.25, 0.3) is 0 Å². The molecule has 0 saturated carbocycles. The summed E-state index contributed by atoms with van der Waals surface area (Å²) in [6, 6.07) is 5.18. The zero-order valence-electron chi connectivity index (χ0n) is 22.1. The number of hydrogen-bond donors (Lipinski definition) is 1. The Balaban J connectivity index is 1.70. The third kappa shape index (κ3) is 6.21. The van der Waals surface area contributed by atoms with E-state index in [-0.39, 0.29) is 35.3 Å². The molecule has 2 unspecified atom stereocenters. The van der Waals surface area contributed by atoms with Crippen molar-refractivity contribution < 1.29 is 19.1 Å². The summed E-state index contributed by atoms with van der Waals surface area (Å²) >= 11 is 0. The zero-order chi connectivity index (χ0) is 26.1. The highest BCUT2D eigenvalue weighted by Gasteiger charge is 2.34. The Morgan fingerprint density at radius 2 is 1.77 bits per heavy atom. The normalized spacial score (nSPS) is 18.0. The van der Waals surface area contributed by atoms with E-state index in [2.05, 4.69) is 26.1 Å². The molecule has 0 bridgehead atoms. The van der Waals surface area contributed by atoms with Crippen LogP contribution in [-0.2, 0) is 32.6 Å². The van der Waals surface area contributed by atoms with Crippen molar-refractivity contribution in [3.05, 3.63) is 34.2 Å². The van der Waals surface area contributed by atoms with E-state index in [9.17, 15) is 19.2 Å². The quantitative estimate of drug-likeness (QED) is 0.363. The lowest BCUT2D eigenvalue weighted by molar-refractivity contribution is -0.164. The largest absolute Gasteiger partial charge is 0.460 e. The minimum Gasteiger partial charge on any atom is -0.460 e. The van der Waals surface area contributed by atoms with Crippen LogP contribution in [0, 0.1) is 11.3 Å². The number of hydrogen-bond acceptors (Lipinski definition) is 5. The molecule has 1 N–H and O–H groups in total. The Bertz CT molecular complexity index is 1180. The fourth-order valence-corrected chi connectivity index (χ4v) is 4.75. The van der Waals surface area contributed by atoms with E-state index in [1.165, 1.54) is 4.57 Å². The molecule has 1 aromatic heterocycles. The number of imide groups is 1. The first-order valence-electron chi connectivity index (χ1n) is 12.5. The molecule has 1 aliphatic rings. The van der Waals surface area contributed by atoms with E-state index in [0.29, 0.717) is 11.9 Å². The maximum atomic E-state index is 12.9. The van der Waals surface area contributed by atoms with Gasteiger partial charge in [0.2, 0.25) is 11.8 Å². The van der Waals surface area contributed by atoms with Gasteiger partial charge in [-0.15, -0.1) is 0 Å². The number of piperidine rings is 1. The first kappa shape index (κ1) is 26.7. The van der Waals surface area contributed by atoms with Crippen molar-refractivity contribution >= 4 is 28.8 Å². The molecule has 3 rings (SSSR count). The third-order valence-corrected chi connectivity index (χ3v) is 6.62. The van der Waals surface area contributed by atoms with Gasteiger partial charge >= 0.3 is 11.7 Å². The highest BCUT2D eigenvalue weighted by atomic mass is 16.6. The summed E-state index contributed by atoms with van der Waals surface area (Å²) in [5, 5.41) is 2.33. The average Bonchev–Trinajstić information content (AvgIpc) is 2.96. The molecule has 1 fully saturated rings. The van der Waals surface area contributed by atoms with Gasteiger partial charge in [0, 0.05) is 13.5 Å². The van der Waals surface area contributed by atoms with Gasteiger partial charge in [-0.2, -0.15) is 0 Å². The predicted octanol–water partition coefficient (Wildman–Crippen LogP) is 4.03. The number of rotatable bonds is 7. The molecule has 1 aromatic carbocycles. The monoisotopic (exact) mass is 485 g/mol. The smallest absolute Gasteiger partial charge is 0.329 e. The lowest BCUT2D eigenvalue weighted by atomic mass is 9.77. The van der Waals surface area contributed by atoms with E-state index >= 15 is 0 Å². The van der Waals surface area contributed by atoms with E-state index in [4.69, 9.17) is 4.74 Å². The second kappa shape index (κ2) is 9.99. The molecule has 1 aliphatic heterocycles. The number of carbonyl (C=O) groups is 3. The van der Waals surface area contributed by atoms with Crippen molar-refractivity contribution in [2.75, 3.05) is 0 Å². The molecule has 0 radical (unpaired) electrons. The topological polar surface area (TPSA) is 99.4 Å². The number of unbranched alkanes of at least 4 members (excludes halogenated alkanes) is 1.